The van der Waals surface area contributed by atoms with E-state index in [1.807, 2.05) is 38.3 Å². The monoisotopic (exact) mass is 356 g/mol. The van der Waals surface area contributed by atoms with Gasteiger partial charge < -0.3 is 14.4 Å². The highest BCUT2D eigenvalue weighted by atomic mass is 19.1. The van der Waals surface area contributed by atoms with Gasteiger partial charge in [0.15, 0.2) is 5.82 Å². The van der Waals surface area contributed by atoms with Crippen molar-refractivity contribution in [1.29, 1.82) is 0 Å². The maximum absolute atomic E-state index is 13.0. The molecule has 1 N–H and O–H groups in total. The standard InChI is InChI=1S/C19H21FN4O2/c1-11(2)18-22-19(26-23-18)17-12(3)9-13(4)24(17)10-16(25)21-15-7-5-14(20)6-8-15/h5-9,11H,10H2,1-4H3,(H,21,25). The van der Waals surface area contributed by atoms with E-state index in [0.717, 1.165) is 17.0 Å². The van der Waals surface area contributed by atoms with Gasteiger partial charge in [0, 0.05) is 17.3 Å². The molecule has 0 unspecified atom stereocenters. The third kappa shape index (κ3) is 3.66. The molecular formula is C19H21FN4O2. The molecule has 1 amide bonds. The summed E-state index contributed by atoms with van der Waals surface area (Å²) in [7, 11) is 0. The lowest BCUT2D eigenvalue weighted by atomic mass is 10.2. The molecule has 26 heavy (non-hydrogen) atoms. The summed E-state index contributed by atoms with van der Waals surface area (Å²) in [5.41, 5.74) is 3.14. The normalized spacial score (nSPS) is 11.2. The van der Waals surface area contributed by atoms with Gasteiger partial charge in [-0.2, -0.15) is 4.98 Å². The summed E-state index contributed by atoms with van der Waals surface area (Å²) in [6, 6.07) is 7.62. The molecule has 0 fully saturated rings. The molecule has 2 aromatic heterocycles. The third-order valence-electron chi connectivity index (χ3n) is 4.08. The molecule has 136 valence electrons. The van der Waals surface area contributed by atoms with Crippen molar-refractivity contribution >= 4 is 11.6 Å². The second-order valence-electron chi connectivity index (χ2n) is 6.57. The van der Waals surface area contributed by atoms with Gasteiger partial charge in [0.25, 0.3) is 5.89 Å². The van der Waals surface area contributed by atoms with Crippen molar-refractivity contribution in [3.8, 4) is 11.6 Å². The maximum atomic E-state index is 13.0. The Kier molecular flexibility index (Phi) is 4.88. The minimum atomic E-state index is -0.348. The van der Waals surface area contributed by atoms with Gasteiger partial charge in [0.2, 0.25) is 5.91 Å². The summed E-state index contributed by atoms with van der Waals surface area (Å²) in [6.07, 6.45) is 0. The van der Waals surface area contributed by atoms with Gasteiger partial charge in [-0.25, -0.2) is 4.39 Å². The molecule has 0 bridgehead atoms. The molecule has 0 aliphatic carbocycles. The van der Waals surface area contributed by atoms with Gasteiger partial charge in [0.1, 0.15) is 18.1 Å². The molecule has 0 radical (unpaired) electrons. The highest BCUT2D eigenvalue weighted by Crippen LogP contribution is 2.27. The number of nitrogens with zero attached hydrogens (tertiary/aromatic N) is 3. The van der Waals surface area contributed by atoms with E-state index in [2.05, 4.69) is 15.5 Å². The van der Waals surface area contributed by atoms with E-state index in [-0.39, 0.29) is 24.2 Å². The highest BCUT2D eigenvalue weighted by molar-refractivity contribution is 5.91. The Morgan fingerprint density at radius 2 is 1.96 bits per heavy atom. The van der Waals surface area contributed by atoms with Crippen LogP contribution < -0.4 is 5.32 Å². The number of carbonyl (C=O) groups excluding carboxylic acids is 1. The Labute approximate surface area is 151 Å². The average molecular weight is 356 g/mol. The number of aryl methyl sites for hydroxylation is 2. The van der Waals surface area contributed by atoms with Crippen LogP contribution in [0.3, 0.4) is 0 Å². The molecule has 0 saturated heterocycles. The molecule has 1 aromatic carbocycles. The lowest BCUT2D eigenvalue weighted by molar-refractivity contribution is -0.116. The lowest BCUT2D eigenvalue weighted by Crippen LogP contribution is -2.20. The molecule has 0 atom stereocenters. The quantitative estimate of drug-likeness (QED) is 0.748. The van der Waals surface area contributed by atoms with Gasteiger partial charge in [0.05, 0.1) is 0 Å². The van der Waals surface area contributed by atoms with Gasteiger partial charge in [-0.05, 0) is 49.7 Å². The number of rotatable bonds is 5. The van der Waals surface area contributed by atoms with Crippen LogP contribution in [-0.4, -0.2) is 20.6 Å². The number of benzene rings is 1. The molecular weight excluding hydrogens is 335 g/mol. The maximum Gasteiger partial charge on any atom is 0.274 e. The van der Waals surface area contributed by atoms with Crippen LogP contribution in [0.5, 0.6) is 0 Å². The lowest BCUT2D eigenvalue weighted by Gasteiger charge is -2.11. The number of anilines is 1. The highest BCUT2D eigenvalue weighted by Gasteiger charge is 2.20. The van der Waals surface area contributed by atoms with Crippen LogP contribution in [0.2, 0.25) is 0 Å². The minimum absolute atomic E-state index is 0.0891. The zero-order valence-electron chi connectivity index (χ0n) is 15.2. The Morgan fingerprint density at radius 1 is 1.27 bits per heavy atom. The number of aromatic nitrogens is 3. The SMILES string of the molecule is Cc1cc(C)n(CC(=O)Nc2ccc(F)cc2)c1-c1nc(C(C)C)no1. The van der Waals surface area contributed by atoms with E-state index in [1.54, 1.807) is 0 Å². The number of hydrogen-bond donors (Lipinski definition) is 1. The summed E-state index contributed by atoms with van der Waals surface area (Å²) in [6.45, 7) is 7.92. The van der Waals surface area contributed by atoms with E-state index in [1.165, 1.54) is 24.3 Å². The second-order valence-corrected chi connectivity index (χ2v) is 6.57. The first-order chi connectivity index (χ1) is 12.3. The number of hydrogen-bond acceptors (Lipinski definition) is 4. The largest absolute Gasteiger partial charge is 0.332 e. The smallest absolute Gasteiger partial charge is 0.274 e. The Hall–Kier alpha value is -2.96. The van der Waals surface area contributed by atoms with Gasteiger partial charge >= 0.3 is 0 Å². The van der Waals surface area contributed by atoms with Crippen LogP contribution in [0.1, 0.15) is 36.8 Å². The molecule has 0 spiro atoms. The van der Waals surface area contributed by atoms with Crippen LogP contribution >= 0.6 is 0 Å². The first kappa shape index (κ1) is 17.8. The number of nitrogens with one attached hydrogen (secondary N) is 1. The summed E-state index contributed by atoms with van der Waals surface area (Å²) in [5, 5.41) is 6.77. The fourth-order valence-electron chi connectivity index (χ4n) is 2.78. The molecule has 0 aliphatic rings. The molecule has 3 rings (SSSR count). The third-order valence-corrected chi connectivity index (χ3v) is 4.08. The average Bonchev–Trinajstić information content (AvgIpc) is 3.15. The number of amides is 1. The van der Waals surface area contributed by atoms with Crippen LogP contribution in [0, 0.1) is 19.7 Å². The topological polar surface area (TPSA) is 73.0 Å². The predicted octanol–water partition coefficient (Wildman–Crippen LogP) is 4.06. The van der Waals surface area contributed by atoms with Crippen molar-refractivity contribution in [2.45, 2.75) is 40.2 Å². The van der Waals surface area contributed by atoms with Crippen molar-refractivity contribution in [3.63, 3.8) is 0 Å². The van der Waals surface area contributed by atoms with Crippen molar-refractivity contribution in [1.82, 2.24) is 14.7 Å². The Bertz CT molecular complexity index is 926. The van der Waals surface area contributed by atoms with Crippen LogP contribution in [0.25, 0.3) is 11.6 Å². The van der Waals surface area contributed by atoms with Crippen LogP contribution in [-0.2, 0) is 11.3 Å². The molecule has 6 nitrogen and oxygen atoms in total. The molecule has 7 heteroatoms. The summed E-state index contributed by atoms with van der Waals surface area (Å²) in [5.74, 6) is 0.605. The van der Waals surface area contributed by atoms with Crippen molar-refractivity contribution in [2.75, 3.05) is 5.32 Å². The van der Waals surface area contributed by atoms with E-state index < -0.39 is 0 Å². The number of carbonyl (C=O) groups is 1. The second kappa shape index (κ2) is 7.11. The fourth-order valence-corrected chi connectivity index (χ4v) is 2.78. The first-order valence-corrected chi connectivity index (χ1v) is 8.41. The van der Waals surface area contributed by atoms with Crippen LogP contribution in [0.4, 0.5) is 10.1 Å². The Morgan fingerprint density at radius 3 is 2.58 bits per heavy atom. The number of halogens is 1. The molecule has 0 aliphatic heterocycles. The summed E-state index contributed by atoms with van der Waals surface area (Å²) in [4.78, 5) is 16.9. The van der Waals surface area contributed by atoms with Gasteiger partial charge in [-0.3, -0.25) is 4.79 Å². The first-order valence-electron chi connectivity index (χ1n) is 8.41. The van der Waals surface area contributed by atoms with Gasteiger partial charge in [-0.1, -0.05) is 19.0 Å². The van der Waals surface area contributed by atoms with Crippen molar-refractivity contribution < 1.29 is 13.7 Å². The van der Waals surface area contributed by atoms with E-state index in [0.29, 0.717) is 17.4 Å². The molecule has 3 aromatic rings. The summed E-state index contributed by atoms with van der Waals surface area (Å²) < 4.78 is 20.2. The van der Waals surface area contributed by atoms with E-state index in [9.17, 15) is 9.18 Å². The van der Waals surface area contributed by atoms with Crippen molar-refractivity contribution in [3.05, 3.63) is 53.2 Å². The van der Waals surface area contributed by atoms with Gasteiger partial charge in [-0.15, -0.1) is 0 Å². The summed E-state index contributed by atoms with van der Waals surface area (Å²) >= 11 is 0. The fraction of sp³-hybridized carbons (Fsp3) is 0.316. The molecule has 2 heterocycles. The van der Waals surface area contributed by atoms with Crippen LogP contribution in [0.15, 0.2) is 34.9 Å². The van der Waals surface area contributed by atoms with Crippen molar-refractivity contribution in [2.24, 2.45) is 0 Å². The zero-order chi connectivity index (χ0) is 18.8. The zero-order valence-corrected chi connectivity index (χ0v) is 15.2. The molecule has 0 saturated carbocycles. The van der Waals surface area contributed by atoms with E-state index >= 15 is 0 Å². The minimum Gasteiger partial charge on any atom is -0.332 e. The Balaban J connectivity index is 1.85. The predicted molar refractivity (Wildman–Crippen MR) is 96.3 cm³/mol. The van der Waals surface area contributed by atoms with E-state index in [4.69, 9.17) is 4.52 Å².